The number of ether oxygens (including phenoxy) is 4. The third-order valence-electron chi connectivity index (χ3n) is 7.96. The Kier molecular flexibility index (Phi) is 7.75. The molecule has 43 heavy (non-hydrogen) atoms. The van der Waals surface area contributed by atoms with E-state index in [0.29, 0.717) is 43.7 Å². The largest absolute Gasteiger partial charge is 0.493 e. The Bertz CT molecular complexity index is 1730. The van der Waals surface area contributed by atoms with Crippen LogP contribution in [-0.4, -0.2) is 83.4 Å². The number of halogens is 1. The van der Waals surface area contributed by atoms with E-state index in [4.69, 9.17) is 18.9 Å². The van der Waals surface area contributed by atoms with Crippen LogP contribution in [0.2, 0.25) is 0 Å². The molecule has 0 saturated carbocycles. The third-order valence-corrected chi connectivity index (χ3v) is 7.96. The maximum absolute atomic E-state index is 13.7. The monoisotopic (exact) mass is 584 g/mol. The van der Waals surface area contributed by atoms with Crippen molar-refractivity contribution in [3.63, 3.8) is 0 Å². The number of hydrogen-bond donors (Lipinski definition) is 1. The summed E-state index contributed by atoms with van der Waals surface area (Å²) in [5.41, 5.74) is 3.40. The number of hydrogen-bond acceptors (Lipinski definition) is 9. The van der Waals surface area contributed by atoms with Crippen molar-refractivity contribution in [1.82, 2.24) is 24.6 Å². The normalized spacial score (nSPS) is 18.7. The van der Waals surface area contributed by atoms with Gasteiger partial charge in [-0.3, -0.25) is 9.58 Å². The third kappa shape index (κ3) is 5.96. The van der Waals surface area contributed by atoms with Crippen LogP contribution >= 0.6 is 0 Å². The average Bonchev–Trinajstić information content (AvgIpc) is 3.62. The molecule has 2 atom stereocenters. The van der Waals surface area contributed by atoms with Gasteiger partial charge in [0.25, 0.3) is 0 Å². The number of aromatic nitrogens is 4. The minimum absolute atomic E-state index is 0.179. The van der Waals surface area contributed by atoms with Crippen LogP contribution in [0.3, 0.4) is 0 Å². The molecule has 7 rings (SSSR count). The standard InChI is InChI=1S/C32H33FN6O4/c1-40-28-15-26-25(14-29(28)41-9-3-8-38-18-30-31(19-38)43-11-10-42-30)32(35-20-34-26)37-24-6-7-27-22(13-24)16-36-39(27)17-21-4-2-5-23(33)12-21/h2,4-7,12-16,20,30-31H,3,8-11,17-19H2,1H3,(H,34,35,37)/t30-,31+. The first-order chi connectivity index (χ1) is 21.1. The van der Waals surface area contributed by atoms with E-state index >= 15 is 0 Å². The minimum Gasteiger partial charge on any atom is -0.493 e. The summed E-state index contributed by atoms with van der Waals surface area (Å²) < 4.78 is 39.0. The summed E-state index contributed by atoms with van der Waals surface area (Å²) in [6, 6.07) is 16.4. The van der Waals surface area contributed by atoms with Gasteiger partial charge in [-0.25, -0.2) is 14.4 Å². The van der Waals surface area contributed by atoms with Crippen molar-refractivity contribution in [1.29, 1.82) is 0 Å². The van der Waals surface area contributed by atoms with Gasteiger partial charge < -0.3 is 24.3 Å². The number of fused-ring (bicyclic) bond motifs is 3. The van der Waals surface area contributed by atoms with Gasteiger partial charge in [-0.2, -0.15) is 5.10 Å². The molecule has 3 aromatic carbocycles. The molecule has 0 unspecified atom stereocenters. The van der Waals surface area contributed by atoms with E-state index < -0.39 is 0 Å². The summed E-state index contributed by atoms with van der Waals surface area (Å²) in [4.78, 5) is 11.4. The lowest BCUT2D eigenvalue weighted by molar-refractivity contribution is -0.116. The first-order valence-corrected chi connectivity index (χ1v) is 14.5. The first-order valence-electron chi connectivity index (χ1n) is 14.5. The predicted molar refractivity (Wildman–Crippen MR) is 161 cm³/mol. The highest BCUT2D eigenvalue weighted by molar-refractivity contribution is 5.94. The Balaban J connectivity index is 1.05. The molecule has 2 aromatic heterocycles. The average molecular weight is 585 g/mol. The smallest absolute Gasteiger partial charge is 0.162 e. The molecule has 2 aliphatic rings. The topological polar surface area (TPSA) is 95.8 Å². The van der Waals surface area contributed by atoms with Gasteiger partial charge in [0.15, 0.2) is 11.5 Å². The molecule has 10 nitrogen and oxygen atoms in total. The van der Waals surface area contributed by atoms with Gasteiger partial charge in [-0.05, 0) is 48.4 Å². The van der Waals surface area contributed by atoms with Gasteiger partial charge >= 0.3 is 0 Å². The molecule has 5 aromatic rings. The molecule has 2 aliphatic heterocycles. The highest BCUT2D eigenvalue weighted by atomic mass is 19.1. The fraction of sp³-hybridized carbons (Fsp3) is 0.344. The first kappa shape index (κ1) is 27.5. The molecule has 11 heteroatoms. The summed E-state index contributed by atoms with van der Waals surface area (Å²) in [5.74, 6) is 1.67. The molecule has 222 valence electrons. The molecule has 0 radical (unpaired) electrons. The van der Waals surface area contributed by atoms with Crippen molar-refractivity contribution in [3.05, 3.63) is 78.5 Å². The number of nitrogens with zero attached hydrogens (tertiary/aromatic N) is 5. The van der Waals surface area contributed by atoms with Crippen molar-refractivity contribution in [3.8, 4) is 11.5 Å². The number of benzene rings is 3. The van der Waals surface area contributed by atoms with Crippen LogP contribution in [0.1, 0.15) is 12.0 Å². The van der Waals surface area contributed by atoms with Gasteiger partial charge in [-0.15, -0.1) is 0 Å². The van der Waals surface area contributed by atoms with Crippen molar-refractivity contribution < 1.29 is 23.3 Å². The van der Waals surface area contributed by atoms with E-state index in [1.54, 1.807) is 13.2 Å². The second kappa shape index (κ2) is 12.1. The number of methoxy groups -OCH3 is 1. The highest BCUT2D eigenvalue weighted by Crippen LogP contribution is 2.35. The van der Waals surface area contributed by atoms with Crippen LogP contribution in [-0.2, 0) is 16.0 Å². The van der Waals surface area contributed by atoms with Crippen LogP contribution < -0.4 is 14.8 Å². The Hall–Kier alpha value is -4.32. The summed E-state index contributed by atoms with van der Waals surface area (Å²) in [7, 11) is 1.63. The van der Waals surface area contributed by atoms with E-state index in [2.05, 4.69) is 25.3 Å². The quantitative estimate of drug-likeness (QED) is 0.233. The molecule has 0 bridgehead atoms. The lowest BCUT2D eigenvalue weighted by Gasteiger charge is -2.24. The van der Waals surface area contributed by atoms with Crippen molar-refractivity contribution >= 4 is 33.3 Å². The molecule has 4 heterocycles. The van der Waals surface area contributed by atoms with Crippen LogP contribution in [0.15, 0.2) is 67.1 Å². The summed E-state index contributed by atoms with van der Waals surface area (Å²) in [6.07, 6.45) is 4.56. The Morgan fingerprint density at radius 2 is 1.86 bits per heavy atom. The Morgan fingerprint density at radius 1 is 1.00 bits per heavy atom. The van der Waals surface area contributed by atoms with E-state index in [9.17, 15) is 4.39 Å². The van der Waals surface area contributed by atoms with Crippen molar-refractivity contribution in [2.75, 3.05) is 51.9 Å². The van der Waals surface area contributed by atoms with Gasteiger partial charge in [0.05, 0.1) is 62.9 Å². The van der Waals surface area contributed by atoms with Gasteiger partial charge in [0.1, 0.15) is 18.0 Å². The van der Waals surface area contributed by atoms with Crippen molar-refractivity contribution in [2.24, 2.45) is 0 Å². The van der Waals surface area contributed by atoms with E-state index in [-0.39, 0.29) is 18.0 Å². The second-order valence-corrected chi connectivity index (χ2v) is 10.9. The zero-order chi connectivity index (χ0) is 29.2. The fourth-order valence-electron chi connectivity index (χ4n) is 5.86. The number of nitrogens with one attached hydrogen (secondary N) is 1. The number of rotatable bonds is 10. The summed E-state index contributed by atoms with van der Waals surface area (Å²) >= 11 is 0. The van der Waals surface area contributed by atoms with Crippen molar-refractivity contribution in [2.45, 2.75) is 25.2 Å². The molecule has 0 amide bonds. The lowest BCUT2D eigenvalue weighted by Crippen LogP contribution is -2.36. The van der Waals surface area contributed by atoms with Crippen LogP contribution in [0.25, 0.3) is 21.8 Å². The van der Waals surface area contributed by atoms with Gasteiger partial charge in [0, 0.05) is 42.2 Å². The number of anilines is 2. The van der Waals surface area contributed by atoms with E-state index in [0.717, 1.165) is 59.1 Å². The molecule has 0 aliphatic carbocycles. The fourth-order valence-corrected chi connectivity index (χ4v) is 5.86. The minimum atomic E-state index is -0.255. The molecule has 2 fully saturated rings. The Morgan fingerprint density at radius 3 is 2.67 bits per heavy atom. The van der Waals surface area contributed by atoms with Crippen LogP contribution in [0.4, 0.5) is 15.9 Å². The SMILES string of the molecule is COc1cc2ncnc(Nc3ccc4c(cnn4Cc4cccc(F)c4)c3)c2cc1OCCCN1C[C@@H]2OCCO[C@@H]2C1. The number of likely N-dealkylation sites (tertiary alicyclic amines) is 1. The Labute approximate surface area is 248 Å². The van der Waals surface area contributed by atoms with E-state index in [1.165, 1.54) is 18.5 Å². The predicted octanol–water partition coefficient (Wildman–Crippen LogP) is 4.79. The zero-order valence-electron chi connectivity index (χ0n) is 23.9. The van der Waals surface area contributed by atoms with Crippen LogP contribution in [0, 0.1) is 5.82 Å². The second-order valence-electron chi connectivity index (χ2n) is 10.9. The maximum atomic E-state index is 13.7. The zero-order valence-corrected chi connectivity index (χ0v) is 23.9. The van der Waals surface area contributed by atoms with E-state index in [1.807, 2.05) is 47.3 Å². The highest BCUT2D eigenvalue weighted by Gasteiger charge is 2.36. The molecule has 0 spiro atoms. The van der Waals surface area contributed by atoms with Gasteiger partial charge in [0.2, 0.25) is 0 Å². The summed E-state index contributed by atoms with van der Waals surface area (Å²) in [5, 5.41) is 9.73. The van der Waals surface area contributed by atoms with Gasteiger partial charge in [-0.1, -0.05) is 12.1 Å². The molecular formula is C32H33FN6O4. The lowest BCUT2D eigenvalue weighted by atomic mass is 10.2. The molecule has 2 saturated heterocycles. The molecule has 1 N–H and O–H groups in total. The summed E-state index contributed by atoms with van der Waals surface area (Å²) in [6.45, 7) is 5.09. The molecular weight excluding hydrogens is 551 g/mol. The van der Waals surface area contributed by atoms with Crippen LogP contribution in [0.5, 0.6) is 11.5 Å². The maximum Gasteiger partial charge on any atom is 0.162 e.